The molecule has 1 nitrogen and oxygen atoms in total. The number of hydrogen-bond donors (Lipinski definition) is 1. The van der Waals surface area contributed by atoms with Gasteiger partial charge in [0.2, 0.25) is 0 Å². The van der Waals surface area contributed by atoms with Gasteiger partial charge in [0.15, 0.2) is 0 Å². The highest BCUT2D eigenvalue weighted by atomic mass is 16.3. The van der Waals surface area contributed by atoms with Gasteiger partial charge in [0.1, 0.15) is 0 Å². The fourth-order valence-electron chi connectivity index (χ4n) is 8.87. The molecule has 4 aliphatic carbocycles. The monoisotopic (exact) mass is 412 g/mol. The molecule has 2 saturated carbocycles. The van der Waals surface area contributed by atoms with Crippen molar-refractivity contribution in [3.63, 3.8) is 0 Å². The Morgan fingerprint density at radius 1 is 1.03 bits per heavy atom. The molecule has 170 valence electrons. The van der Waals surface area contributed by atoms with Gasteiger partial charge in [-0.15, -0.1) is 0 Å². The summed E-state index contributed by atoms with van der Waals surface area (Å²) in [6.07, 6.45) is 15.3. The van der Waals surface area contributed by atoms with Crippen LogP contribution in [0.25, 0.3) is 0 Å². The zero-order chi connectivity index (χ0) is 21.9. The number of hydrogen-bond acceptors (Lipinski definition) is 1. The Morgan fingerprint density at radius 3 is 2.47 bits per heavy atom. The smallest absolute Gasteiger partial charge is 0.0594 e. The molecule has 0 aromatic heterocycles. The summed E-state index contributed by atoms with van der Waals surface area (Å²) >= 11 is 0. The van der Waals surface area contributed by atoms with E-state index in [2.05, 4.69) is 54.5 Å². The van der Waals surface area contributed by atoms with E-state index >= 15 is 0 Å². The van der Waals surface area contributed by atoms with Crippen molar-refractivity contribution in [3.8, 4) is 0 Å². The average Bonchev–Trinajstić information content (AvgIpc) is 2.96. The van der Waals surface area contributed by atoms with Crippen LogP contribution < -0.4 is 0 Å². The van der Waals surface area contributed by atoms with E-state index in [0.29, 0.717) is 16.7 Å². The molecule has 30 heavy (non-hydrogen) atoms. The molecule has 2 unspecified atom stereocenters. The van der Waals surface area contributed by atoms with Gasteiger partial charge in [-0.2, -0.15) is 0 Å². The fraction of sp³-hybridized carbons (Fsp3) is 0.862. The summed E-state index contributed by atoms with van der Waals surface area (Å²) < 4.78 is 0. The van der Waals surface area contributed by atoms with E-state index in [1.165, 1.54) is 63.4 Å². The third kappa shape index (κ3) is 3.28. The molecule has 1 N–H and O–H groups in total. The number of aliphatic hydroxyl groups is 1. The van der Waals surface area contributed by atoms with Crippen LogP contribution in [0.3, 0.4) is 0 Å². The van der Waals surface area contributed by atoms with Gasteiger partial charge in [0.05, 0.1) is 6.10 Å². The predicted molar refractivity (Wildman–Crippen MR) is 128 cm³/mol. The van der Waals surface area contributed by atoms with Crippen LogP contribution in [0.4, 0.5) is 0 Å². The first kappa shape index (κ1) is 22.6. The number of rotatable bonds is 4. The van der Waals surface area contributed by atoms with Crippen molar-refractivity contribution in [2.45, 2.75) is 119 Å². The van der Waals surface area contributed by atoms with Crippen LogP contribution in [-0.4, -0.2) is 11.2 Å². The van der Waals surface area contributed by atoms with E-state index in [1.54, 1.807) is 0 Å². The third-order valence-corrected chi connectivity index (χ3v) is 11.1. The van der Waals surface area contributed by atoms with Gasteiger partial charge in [-0.25, -0.2) is 0 Å². The van der Waals surface area contributed by atoms with E-state index in [1.807, 2.05) is 11.1 Å². The molecule has 0 saturated heterocycles. The first-order valence-corrected chi connectivity index (χ1v) is 13.1. The number of fused-ring (bicyclic) bond motifs is 4. The second-order valence-electron chi connectivity index (χ2n) is 12.9. The van der Waals surface area contributed by atoms with Crippen LogP contribution in [0.2, 0.25) is 0 Å². The lowest BCUT2D eigenvalue weighted by molar-refractivity contribution is -0.0627. The highest BCUT2D eigenvalue weighted by Gasteiger charge is 2.60. The van der Waals surface area contributed by atoms with Gasteiger partial charge in [0.25, 0.3) is 0 Å². The summed E-state index contributed by atoms with van der Waals surface area (Å²) in [5.41, 5.74) is 6.21. The van der Waals surface area contributed by atoms with Gasteiger partial charge >= 0.3 is 0 Å². The Labute approximate surface area is 186 Å². The van der Waals surface area contributed by atoms with E-state index in [9.17, 15) is 5.11 Å². The maximum absolute atomic E-state index is 10.7. The molecule has 0 amide bonds. The molecule has 0 radical (unpaired) electrons. The summed E-state index contributed by atoms with van der Waals surface area (Å²) in [5.74, 6) is 3.15. The summed E-state index contributed by atoms with van der Waals surface area (Å²) in [4.78, 5) is 0. The summed E-state index contributed by atoms with van der Waals surface area (Å²) in [6, 6.07) is 0. The van der Waals surface area contributed by atoms with Crippen LogP contribution in [0.1, 0.15) is 113 Å². The largest absolute Gasteiger partial charge is 0.393 e. The molecule has 0 aromatic carbocycles. The predicted octanol–water partition coefficient (Wildman–Crippen LogP) is 8.09. The van der Waals surface area contributed by atoms with E-state index in [-0.39, 0.29) is 11.5 Å². The standard InChI is InChI=1S/C29H48O/c1-19(2)9-8-10-20(3)23-16-18-29(7)25-13-12-24-21(11-14-26(30)27(24,4)5)22(25)15-17-28(23,29)6/h9,20-21,23-24,26,30H,8,10-18H2,1-7H3/t20-,21-,23-,24?,26?,28+,29+/m1/s1. The van der Waals surface area contributed by atoms with Gasteiger partial charge in [0, 0.05) is 0 Å². The van der Waals surface area contributed by atoms with Crippen molar-refractivity contribution in [3.05, 3.63) is 22.8 Å². The minimum atomic E-state index is -0.108. The van der Waals surface area contributed by atoms with Gasteiger partial charge in [-0.3, -0.25) is 0 Å². The Hall–Kier alpha value is -0.560. The SMILES string of the molecule is CC(C)=CCC[C@@H](C)[C@H]1CC[C@@]2(C)C3=C(CC[C@@]12C)[C@H]1CCC(O)C(C)(C)C1CC3. The lowest BCUT2D eigenvalue weighted by Crippen LogP contribution is -2.50. The van der Waals surface area contributed by atoms with Crippen LogP contribution in [0.15, 0.2) is 22.8 Å². The Morgan fingerprint density at radius 2 is 1.77 bits per heavy atom. The molecule has 0 heterocycles. The maximum atomic E-state index is 10.7. The zero-order valence-electron chi connectivity index (χ0n) is 21.0. The normalized spacial score (nSPS) is 43.5. The Balaban J connectivity index is 1.60. The van der Waals surface area contributed by atoms with Gasteiger partial charge in [-0.1, -0.05) is 57.4 Å². The van der Waals surface area contributed by atoms with Crippen molar-refractivity contribution < 1.29 is 5.11 Å². The van der Waals surface area contributed by atoms with Gasteiger partial charge < -0.3 is 5.11 Å². The third-order valence-electron chi connectivity index (χ3n) is 11.1. The van der Waals surface area contributed by atoms with E-state index < -0.39 is 0 Å². The van der Waals surface area contributed by atoms with E-state index in [4.69, 9.17) is 0 Å². The van der Waals surface area contributed by atoms with Crippen LogP contribution >= 0.6 is 0 Å². The van der Waals surface area contributed by atoms with Crippen molar-refractivity contribution >= 4 is 0 Å². The number of allylic oxidation sites excluding steroid dienone is 4. The Bertz CT molecular complexity index is 723. The molecular weight excluding hydrogens is 364 g/mol. The summed E-state index contributed by atoms with van der Waals surface area (Å²) in [6.45, 7) is 17.0. The van der Waals surface area contributed by atoms with E-state index in [0.717, 1.165) is 24.2 Å². The van der Waals surface area contributed by atoms with Crippen molar-refractivity contribution in [2.24, 2.45) is 39.9 Å². The minimum Gasteiger partial charge on any atom is -0.393 e. The molecular formula is C29H48O. The lowest BCUT2D eigenvalue weighted by Gasteiger charge is -2.58. The van der Waals surface area contributed by atoms with Crippen LogP contribution in [0.5, 0.6) is 0 Å². The lowest BCUT2D eigenvalue weighted by atomic mass is 9.47. The molecule has 0 spiro atoms. The molecule has 4 aliphatic rings. The fourth-order valence-corrected chi connectivity index (χ4v) is 8.87. The molecule has 0 aliphatic heterocycles. The van der Waals surface area contributed by atoms with Crippen molar-refractivity contribution in [1.29, 1.82) is 0 Å². The topological polar surface area (TPSA) is 20.2 Å². The quantitative estimate of drug-likeness (QED) is 0.462. The first-order valence-electron chi connectivity index (χ1n) is 13.1. The molecule has 2 fully saturated rings. The maximum Gasteiger partial charge on any atom is 0.0594 e. The second-order valence-corrected chi connectivity index (χ2v) is 12.9. The second kappa shape index (κ2) is 7.79. The van der Waals surface area contributed by atoms with Crippen LogP contribution in [0, 0.1) is 39.9 Å². The molecule has 1 heteroatoms. The Kier molecular flexibility index (Phi) is 5.87. The molecule has 0 aromatic rings. The molecule has 7 atom stereocenters. The zero-order valence-corrected chi connectivity index (χ0v) is 21.0. The highest BCUT2D eigenvalue weighted by molar-refractivity contribution is 5.36. The van der Waals surface area contributed by atoms with Crippen molar-refractivity contribution in [1.82, 2.24) is 0 Å². The average molecular weight is 413 g/mol. The number of aliphatic hydroxyl groups excluding tert-OH is 1. The summed E-state index contributed by atoms with van der Waals surface area (Å²) in [5, 5.41) is 10.7. The van der Waals surface area contributed by atoms with Gasteiger partial charge in [-0.05, 0) is 118 Å². The summed E-state index contributed by atoms with van der Waals surface area (Å²) in [7, 11) is 0. The molecule has 0 bridgehead atoms. The van der Waals surface area contributed by atoms with Crippen LogP contribution in [-0.2, 0) is 0 Å². The van der Waals surface area contributed by atoms with Crippen molar-refractivity contribution in [2.75, 3.05) is 0 Å². The first-order chi connectivity index (χ1) is 14.0. The minimum absolute atomic E-state index is 0.0841. The molecule has 4 rings (SSSR count). The highest BCUT2D eigenvalue weighted by Crippen LogP contribution is 2.70.